The van der Waals surface area contributed by atoms with Crippen molar-refractivity contribution in [1.29, 1.82) is 0 Å². The average Bonchev–Trinajstić information content (AvgIpc) is 2.46. The minimum Gasteiger partial charge on any atom is -0.378 e. The molecule has 1 aliphatic heterocycles. The van der Waals surface area contributed by atoms with Crippen molar-refractivity contribution >= 4 is 0 Å². The molecule has 1 N–H and O–H groups in total. The molecule has 0 spiro atoms. The lowest BCUT2D eigenvalue weighted by Crippen LogP contribution is -2.41. The molecule has 1 aromatic carbocycles. The van der Waals surface area contributed by atoms with Crippen LogP contribution in [0.25, 0.3) is 0 Å². The molecule has 1 aromatic rings. The van der Waals surface area contributed by atoms with E-state index in [4.69, 9.17) is 4.74 Å². The summed E-state index contributed by atoms with van der Waals surface area (Å²) in [6.07, 6.45) is 4.98. The molecular weight excluding hydrogens is 258 g/mol. The predicted molar refractivity (Wildman–Crippen MR) is 89.4 cm³/mol. The summed E-state index contributed by atoms with van der Waals surface area (Å²) in [5, 5.41) is 3.91. The molecule has 1 aliphatic rings. The van der Waals surface area contributed by atoms with Crippen LogP contribution in [0.5, 0.6) is 0 Å². The van der Waals surface area contributed by atoms with Crippen LogP contribution in [0.3, 0.4) is 0 Å². The third kappa shape index (κ3) is 5.44. The van der Waals surface area contributed by atoms with Gasteiger partial charge < -0.3 is 10.1 Å². The van der Waals surface area contributed by atoms with Gasteiger partial charge in [0.15, 0.2) is 0 Å². The molecule has 2 heteroatoms. The molecule has 3 unspecified atom stereocenters. The quantitative estimate of drug-likeness (QED) is 0.847. The third-order valence-corrected chi connectivity index (χ3v) is 4.28. The van der Waals surface area contributed by atoms with Crippen molar-refractivity contribution in [3.05, 3.63) is 35.9 Å². The van der Waals surface area contributed by atoms with Crippen LogP contribution in [0.15, 0.2) is 30.3 Å². The van der Waals surface area contributed by atoms with Crippen LogP contribution in [-0.2, 0) is 4.74 Å². The van der Waals surface area contributed by atoms with Crippen molar-refractivity contribution in [1.82, 2.24) is 5.32 Å². The predicted octanol–water partition coefficient (Wildman–Crippen LogP) is 4.71. The highest BCUT2D eigenvalue weighted by molar-refractivity contribution is 5.19. The summed E-state index contributed by atoms with van der Waals surface area (Å²) in [5.41, 5.74) is 1.73. The summed E-state index contributed by atoms with van der Waals surface area (Å²) in [4.78, 5) is 0. The molecule has 2 rings (SSSR count). The van der Waals surface area contributed by atoms with E-state index in [0.29, 0.717) is 23.6 Å². The van der Waals surface area contributed by atoms with E-state index in [1.165, 1.54) is 5.56 Å². The summed E-state index contributed by atoms with van der Waals surface area (Å²) in [5.74, 6) is 0. The standard InChI is InChI=1S/C19H31NO/c1-5-17-13-16(11-12-21-17)20-18(14-19(2,3)4)15-9-7-6-8-10-15/h6-10,16-18,20H,5,11-14H2,1-4H3. The van der Waals surface area contributed by atoms with E-state index < -0.39 is 0 Å². The third-order valence-electron chi connectivity index (χ3n) is 4.28. The molecule has 0 radical (unpaired) electrons. The minimum absolute atomic E-state index is 0.322. The fourth-order valence-corrected chi connectivity index (χ4v) is 3.17. The second-order valence-electron chi connectivity index (χ2n) is 7.52. The largest absolute Gasteiger partial charge is 0.378 e. The first-order valence-electron chi connectivity index (χ1n) is 8.40. The summed E-state index contributed by atoms with van der Waals surface area (Å²) in [7, 11) is 0. The van der Waals surface area contributed by atoms with E-state index in [1.807, 2.05) is 0 Å². The number of nitrogens with one attached hydrogen (secondary N) is 1. The van der Waals surface area contributed by atoms with E-state index in [9.17, 15) is 0 Å². The van der Waals surface area contributed by atoms with Gasteiger partial charge >= 0.3 is 0 Å². The zero-order valence-corrected chi connectivity index (χ0v) is 14.1. The van der Waals surface area contributed by atoms with Crippen molar-refractivity contribution in [3.8, 4) is 0 Å². The Morgan fingerprint density at radius 3 is 2.57 bits per heavy atom. The number of rotatable bonds is 5. The van der Waals surface area contributed by atoms with Crippen LogP contribution in [-0.4, -0.2) is 18.8 Å². The van der Waals surface area contributed by atoms with Crippen molar-refractivity contribution in [2.24, 2.45) is 5.41 Å². The fourth-order valence-electron chi connectivity index (χ4n) is 3.17. The van der Waals surface area contributed by atoms with E-state index >= 15 is 0 Å². The monoisotopic (exact) mass is 289 g/mol. The van der Waals surface area contributed by atoms with Crippen molar-refractivity contribution in [2.45, 2.75) is 71.6 Å². The Morgan fingerprint density at radius 2 is 1.95 bits per heavy atom. The summed E-state index contributed by atoms with van der Waals surface area (Å²) in [6, 6.07) is 11.9. The molecular formula is C19H31NO. The molecule has 118 valence electrons. The van der Waals surface area contributed by atoms with Crippen LogP contribution in [0, 0.1) is 5.41 Å². The normalized spacial score (nSPS) is 24.8. The molecule has 0 saturated carbocycles. The summed E-state index contributed by atoms with van der Waals surface area (Å²) in [6.45, 7) is 10.1. The minimum atomic E-state index is 0.322. The molecule has 1 saturated heterocycles. The summed E-state index contributed by atoms with van der Waals surface area (Å²) >= 11 is 0. The smallest absolute Gasteiger partial charge is 0.0587 e. The van der Waals surface area contributed by atoms with Crippen LogP contribution < -0.4 is 5.32 Å². The van der Waals surface area contributed by atoms with E-state index in [0.717, 1.165) is 32.3 Å². The van der Waals surface area contributed by atoms with Gasteiger partial charge in [0.25, 0.3) is 0 Å². The lowest BCUT2D eigenvalue weighted by Gasteiger charge is -2.35. The molecule has 0 bridgehead atoms. The van der Waals surface area contributed by atoms with Gasteiger partial charge in [0, 0.05) is 18.7 Å². The highest BCUT2D eigenvalue weighted by Crippen LogP contribution is 2.31. The first kappa shape index (κ1) is 16.5. The van der Waals surface area contributed by atoms with Gasteiger partial charge in [-0.05, 0) is 36.7 Å². The topological polar surface area (TPSA) is 21.3 Å². The van der Waals surface area contributed by atoms with Gasteiger partial charge in [-0.2, -0.15) is 0 Å². The maximum atomic E-state index is 5.81. The second-order valence-corrected chi connectivity index (χ2v) is 7.52. The van der Waals surface area contributed by atoms with E-state index in [2.05, 4.69) is 63.3 Å². The van der Waals surface area contributed by atoms with Gasteiger partial charge in [-0.15, -0.1) is 0 Å². The SMILES string of the molecule is CCC1CC(NC(CC(C)(C)C)c2ccccc2)CCO1. The first-order chi connectivity index (χ1) is 9.98. The van der Waals surface area contributed by atoms with Crippen molar-refractivity contribution < 1.29 is 4.74 Å². The van der Waals surface area contributed by atoms with Crippen LogP contribution in [0.4, 0.5) is 0 Å². The average molecular weight is 289 g/mol. The maximum absolute atomic E-state index is 5.81. The molecule has 1 heterocycles. The zero-order chi connectivity index (χ0) is 15.3. The number of hydrogen-bond donors (Lipinski definition) is 1. The molecule has 2 nitrogen and oxygen atoms in total. The van der Waals surface area contributed by atoms with Gasteiger partial charge in [0.1, 0.15) is 0 Å². The lowest BCUT2D eigenvalue weighted by atomic mass is 9.84. The van der Waals surface area contributed by atoms with Gasteiger partial charge in [-0.1, -0.05) is 58.0 Å². The highest BCUT2D eigenvalue weighted by atomic mass is 16.5. The molecule has 21 heavy (non-hydrogen) atoms. The molecule has 0 aromatic heterocycles. The van der Waals surface area contributed by atoms with Crippen LogP contribution in [0.1, 0.15) is 65.0 Å². The zero-order valence-electron chi connectivity index (χ0n) is 14.1. The number of benzene rings is 1. The molecule has 0 aliphatic carbocycles. The van der Waals surface area contributed by atoms with Gasteiger partial charge in [0.05, 0.1) is 6.10 Å². The van der Waals surface area contributed by atoms with Crippen LogP contribution >= 0.6 is 0 Å². The Morgan fingerprint density at radius 1 is 1.24 bits per heavy atom. The van der Waals surface area contributed by atoms with Gasteiger partial charge in [0.2, 0.25) is 0 Å². The van der Waals surface area contributed by atoms with E-state index in [1.54, 1.807) is 0 Å². The highest BCUT2D eigenvalue weighted by Gasteiger charge is 2.26. The van der Waals surface area contributed by atoms with Crippen molar-refractivity contribution in [3.63, 3.8) is 0 Å². The Kier molecular flexibility index (Phi) is 5.83. The Bertz CT molecular complexity index is 409. The van der Waals surface area contributed by atoms with Gasteiger partial charge in [-0.25, -0.2) is 0 Å². The Labute approximate surface area is 130 Å². The Balaban J connectivity index is 2.05. The molecule has 0 amide bonds. The molecule has 3 atom stereocenters. The van der Waals surface area contributed by atoms with Crippen molar-refractivity contribution in [2.75, 3.05) is 6.61 Å². The lowest BCUT2D eigenvalue weighted by molar-refractivity contribution is -0.00283. The van der Waals surface area contributed by atoms with E-state index in [-0.39, 0.29) is 0 Å². The fraction of sp³-hybridized carbons (Fsp3) is 0.684. The number of ether oxygens (including phenoxy) is 1. The maximum Gasteiger partial charge on any atom is 0.0587 e. The number of hydrogen-bond acceptors (Lipinski definition) is 2. The first-order valence-corrected chi connectivity index (χ1v) is 8.40. The summed E-state index contributed by atoms with van der Waals surface area (Å²) < 4.78 is 5.81. The Hall–Kier alpha value is -0.860. The van der Waals surface area contributed by atoms with Crippen LogP contribution in [0.2, 0.25) is 0 Å². The second kappa shape index (κ2) is 7.42. The van der Waals surface area contributed by atoms with Gasteiger partial charge in [-0.3, -0.25) is 0 Å². The molecule has 1 fully saturated rings.